The van der Waals surface area contributed by atoms with E-state index in [0.717, 1.165) is 104 Å². The zero-order valence-corrected chi connectivity index (χ0v) is 54.0. The summed E-state index contributed by atoms with van der Waals surface area (Å²) >= 11 is 0. The summed E-state index contributed by atoms with van der Waals surface area (Å²) in [6.45, 7) is 3.02. The van der Waals surface area contributed by atoms with Gasteiger partial charge in [-0.05, 0) is 207 Å². The van der Waals surface area contributed by atoms with Crippen LogP contribution in [0.2, 0.25) is 0 Å². The minimum atomic E-state index is -1.60. The Kier molecular flexibility index (Phi) is 20.0. The number of hydrogen-bond acceptors (Lipinski definition) is 9. The van der Waals surface area contributed by atoms with Crippen LogP contribution in [0.4, 0.5) is 22.7 Å². The fraction of sp³-hybridized carbons (Fsp3) is 0.697. The molecule has 0 aromatic heterocycles. The molecule has 89 heavy (non-hydrogen) atoms. The lowest BCUT2D eigenvalue weighted by Gasteiger charge is -2.56. The van der Waals surface area contributed by atoms with Gasteiger partial charge in [-0.1, -0.05) is 126 Å². The first kappa shape index (κ1) is 62.7. The largest absolute Gasteiger partial charge is 0.474 e. The van der Waals surface area contributed by atoms with E-state index in [1.807, 2.05) is 6.07 Å². The summed E-state index contributed by atoms with van der Waals surface area (Å²) in [6, 6.07) is 34.9. The summed E-state index contributed by atoms with van der Waals surface area (Å²) in [5.41, 5.74) is 3.01. The Hall–Kier alpha value is -5.11. The molecule has 12 unspecified atom stereocenters. The molecule has 12 aliphatic rings. The lowest BCUT2D eigenvalue weighted by molar-refractivity contribution is -0.147. The molecule has 482 valence electrons. The van der Waals surface area contributed by atoms with Crippen molar-refractivity contribution < 1.29 is 29.1 Å². The highest BCUT2D eigenvalue weighted by Gasteiger charge is 2.50. The summed E-state index contributed by atoms with van der Waals surface area (Å²) in [5, 5.41) is 15.3. The number of nitrogens with one attached hydrogen (secondary N) is 2. The second-order valence-electron chi connectivity index (χ2n) is 30.8. The maximum atomic E-state index is 13.3. The Morgan fingerprint density at radius 3 is 1.16 bits per heavy atom. The van der Waals surface area contributed by atoms with Crippen molar-refractivity contribution in [2.75, 3.05) is 20.4 Å². The van der Waals surface area contributed by atoms with Gasteiger partial charge >= 0.3 is 11.9 Å². The number of benzene rings is 3. The third kappa shape index (κ3) is 14.4. The molecule has 6 aliphatic carbocycles. The highest BCUT2D eigenvalue weighted by molar-refractivity contribution is 6.41. The molecule has 15 rings (SSSR count). The highest BCUT2D eigenvalue weighted by atomic mass is 16.4. The quantitative estimate of drug-likeness (QED) is 0.159. The van der Waals surface area contributed by atoms with Crippen molar-refractivity contribution in [3.05, 3.63) is 84.9 Å². The van der Waals surface area contributed by atoms with Gasteiger partial charge in [-0.15, -0.1) is 0 Å². The molecule has 12 atom stereocenters. The number of Topliss-reactive ketones (excluding diaryl/α,β-unsaturated/α-hetero) is 1. The molecule has 6 saturated carbocycles. The number of nitrogens with zero attached hydrogens (tertiary/aromatic N) is 5. The normalized spacial score (nSPS) is 36.4. The summed E-state index contributed by atoms with van der Waals surface area (Å²) in [7, 11) is 0. The third-order valence-electron chi connectivity index (χ3n) is 25.0. The topological polar surface area (TPSA) is 146 Å². The van der Waals surface area contributed by atoms with E-state index in [1.165, 1.54) is 184 Å². The van der Waals surface area contributed by atoms with Crippen LogP contribution in [0.15, 0.2) is 84.9 Å². The SMILES string of the molecule is CC(=O)C(=O)N(c1ccccc1NC(=O)C(=O)O)C1CC2CCCC(C1)N2C1CC2CCCC(C2)C1.CC(=O)N(c1ccccc1)C1CC2CCCC(C1)N2C1CC2CCCC(C2)C1.c1ccc(NC2CC3CCCC(C2)N3C2CC3CCCC(C3)C2)cc1. The van der Waals surface area contributed by atoms with E-state index < -0.39 is 23.6 Å². The molecular formula is C76H107N7O6. The third-order valence-corrected chi connectivity index (χ3v) is 25.0. The lowest BCUT2D eigenvalue weighted by Crippen LogP contribution is -2.62. The Balaban J connectivity index is 0.000000125. The molecule has 3 N–H and O–H groups in total. The number of carboxylic acid groups (broad SMARTS) is 1. The van der Waals surface area contributed by atoms with Gasteiger partial charge in [0.2, 0.25) is 11.7 Å². The molecule has 6 aliphatic heterocycles. The first-order valence-electron chi connectivity index (χ1n) is 36.3. The second-order valence-corrected chi connectivity index (χ2v) is 30.8. The highest BCUT2D eigenvalue weighted by Crippen LogP contribution is 2.50. The molecule has 3 aromatic rings. The fourth-order valence-corrected chi connectivity index (χ4v) is 22.0. The number of aliphatic carboxylic acids is 1. The molecule has 13 heteroatoms. The second kappa shape index (κ2) is 28.4. The van der Waals surface area contributed by atoms with Crippen molar-refractivity contribution in [2.45, 2.75) is 298 Å². The van der Waals surface area contributed by atoms with Crippen LogP contribution in [-0.2, 0) is 24.0 Å². The Bertz CT molecular complexity index is 2830. The number of rotatable bonds is 11. The zero-order chi connectivity index (χ0) is 61.1. The van der Waals surface area contributed by atoms with Crippen LogP contribution in [0, 0.1) is 35.5 Å². The van der Waals surface area contributed by atoms with Crippen LogP contribution >= 0.6 is 0 Å². The number of amides is 3. The zero-order valence-electron chi connectivity index (χ0n) is 54.0. The maximum absolute atomic E-state index is 13.3. The summed E-state index contributed by atoms with van der Waals surface area (Å²) in [4.78, 5) is 73.8. The average molecular weight is 1210 g/mol. The van der Waals surface area contributed by atoms with Crippen LogP contribution < -0.4 is 20.4 Å². The van der Waals surface area contributed by atoms with E-state index in [-0.39, 0.29) is 17.6 Å². The standard InChI is InChI=1S/C28H37N3O5.C25H36N2O.C23H34N2/c1-17(32)27(34)31(25-11-3-2-10-24(25)29-26(33)28(35)36)23-15-20-8-5-9-21(16-23)30(20)22-13-18-6-4-7-19(12-18)14-22;1-18(28)26(21-9-3-2-4-10-21)25-16-22-11-6-12-23(17-25)27(22)24-14-19-7-5-8-20(13-19)15-24;1-2-8-19(9-3-1)24-20-15-21-10-5-11-22(16-20)25(21)23-13-17-6-4-7-18(12-17)14-23/h2-3,10-11,18-23H,4-9,12-16H2,1H3,(H,29,33)(H,35,36);2-4,9-10,19-20,22-25H,5-8,11-17H2,1H3;1-3,8-9,17-18,20-24H,4-7,10-16H2. The van der Waals surface area contributed by atoms with E-state index in [9.17, 15) is 24.0 Å². The predicted molar refractivity (Wildman–Crippen MR) is 355 cm³/mol. The predicted octanol–water partition coefficient (Wildman–Crippen LogP) is 14.8. The number of anilines is 4. The van der Waals surface area contributed by atoms with Crippen molar-refractivity contribution in [1.29, 1.82) is 0 Å². The smallest absolute Gasteiger partial charge is 0.394 e. The van der Waals surface area contributed by atoms with Crippen molar-refractivity contribution in [3.8, 4) is 0 Å². The molecule has 6 heterocycles. The van der Waals surface area contributed by atoms with Gasteiger partial charge in [0.25, 0.3) is 5.91 Å². The van der Waals surface area contributed by atoms with Crippen LogP contribution in [0.1, 0.15) is 226 Å². The van der Waals surface area contributed by atoms with E-state index in [0.29, 0.717) is 48.0 Å². The number of carboxylic acids is 1. The van der Waals surface area contributed by atoms with E-state index in [1.54, 1.807) is 37.6 Å². The number of carbonyl (C=O) groups excluding carboxylic acids is 4. The van der Waals surface area contributed by atoms with Gasteiger partial charge in [0, 0.05) is 97.7 Å². The number of fused-ring (bicyclic) bond motifs is 12. The summed E-state index contributed by atoms with van der Waals surface area (Å²) in [5.74, 6) is 2.04. The van der Waals surface area contributed by atoms with Crippen molar-refractivity contribution >= 4 is 52.2 Å². The first-order chi connectivity index (χ1) is 43.3. The van der Waals surface area contributed by atoms with Crippen LogP contribution in [0.25, 0.3) is 0 Å². The van der Waals surface area contributed by atoms with E-state index >= 15 is 0 Å². The summed E-state index contributed by atoms with van der Waals surface area (Å²) < 4.78 is 0. The number of piperidine rings is 6. The number of hydrogen-bond donors (Lipinski definition) is 3. The molecule has 3 amide bonds. The monoisotopic (exact) mass is 1210 g/mol. The molecule has 0 spiro atoms. The van der Waals surface area contributed by atoms with Gasteiger partial charge in [-0.25, -0.2) is 4.79 Å². The van der Waals surface area contributed by atoms with Gasteiger partial charge < -0.3 is 25.5 Å². The van der Waals surface area contributed by atoms with Crippen LogP contribution in [0.3, 0.4) is 0 Å². The lowest BCUT2D eigenvalue weighted by atomic mass is 9.68. The van der Waals surface area contributed by atoms with E-state index in [2.05, 4.69) is 84.8 Å². The molecule has 12 bridgehead atoms. The Morgan fingerprint density at radius 2 is 0.764 bits per heavy atom. The molecule has 6 saturated heterocycles. The Labute approximate surface area is 532 Å². The Morgan fingerprint density at radius 1 is 0.404 bits per heavy atom. The number of carbonyl (C=O) groups is 5. The molecule has 13 nitrogen and oxygen atoms in total. The minimum absolute atomic E-state index is 0.182. The van der Waals surface area contributed by atoms with Crippen molar-refractivity contribution in [2.24, 2.45) is 35.5 Å². The molecule has 3 aromatic carbocycles. The van der Waals surface area contributed by atoms with Gasteiger partial charge in [-0.2, -0.15) is 0 Å². The molecular weight excluding hydrogens is 1110 g/mol. The van der Waals surface area contributed by atoms with Gasteiger partial charge in [-0.3, -0.25) is 33.9 Å². The van der Waals surface area contributed by atoms with Crippen LogP contribution in [-0.4, -0.2) is 122 Å². The van der Waals surface area contributed by atoms with Crippen LogP contribution in [0.5, 0.6) is 0 Å². The van der Waals surface area contributed by atoms with Gasteiger partial charge in [0.05, 0.1) is 11.4 Å². The molecule has 12 fully saturated rings. The van der Waals surface area contributed by atoms with Crippen molar-refractivity contribution in [3.63, 3.8) is 0 Å². The first-order valence-corrected chi connectivity index (χ1v) is 36.3. The van der Waals surface area contributed by atoms with Gasteiger partial charge in [0.15, 0.2) is 0 Å². The number of ketones is 1. The molecule has 0 radical (unpaired) electrons. The number of para-hydroxylation sites is 4. The van der Waals surface area contributed by atoms with E-state index in [4.69, 9.17) is 5.11 Å². The van der Waals surface area contributed by atoms with Crippen molar-refractivity contribution in [1.82, 2.24) is 14.7 Å². The minimum Gasteiger partial charge on any atom is -0.474 e. The maximum Gasteiger partial charge on any atom is 0.394 e. The van der Waals surface area contributed by atoms with Gasteiger partial charge in [0.1, 0.15) is 0 Å². The average Bonchev–Trinajstić information content (AvgIpc) is 3.52. The fourth-order valence-electron chi connectivity index (χ4n) is 22.0. The summed E-state index contributed by atoms with van der Waals surface area (Å²) in [6.07, 6.45) is 44.4.